The lowest BCUT2D eigenvalue weighted by molar-refractivity contribution is 0.122. The lowest BCUT2D eigenvalue weighted by Gasteiger charge is -2.26. The second-order valence-electron chi connectivity index (χ2n) is 3.02. The third kappa shape index (κ3) is 2.30. The van der Waals surface area contributed by atoms with E-state index in [9.17, 15) is 4.39 Å². The molecule has 1 fully saturated rings. The standard InChI is InChI=1S/C8H8Cl2FN3O/c9-6-5(11)7(10)13-8(12-6)14-1-3-15-4-2-14/h1-4H2. The van der Waals surface area contributed by atoms with Gasteiger partial charge in [-0.3, -0.25) is 0 Å². The Kier molecular flexibility index (Phi) is 3.23. The summed E-state index contributed by atoms with van der Waals surface area (Å²) in [7, 11) is 0. The van der Waals surface area contributed by atoms with E-state index in [1.54, 1.807) is 0 Å². The zero-order chi connectivity index (χ0) is 10.8. The van der Waals surface area contributed by atoms with E-state index in [0.717, 1.165) is 0 Å². The molecule has 0 atom stereocenters. The molecule has 2 heterocycles. The van der Waals surface area contributed by atoms with Gasteiger partial charge in [0.05, 0.1) is 13.2 Å². The molecule has 0 saturated carbocycles. The van der Waals surface area contributed by atoms with E-state index in [4.69, 9.17) is 27.9 Å². The number of anilines is 1. The topological polar surface area (TPSA) is 38.2 Å². The summed E-state index contributed by atoms with van der Waals surface area (Å²) in [5, 5.41) is -0.506. The fraction of sp³-hybridized carbons (Fsp3) is 0.500. The van der Waals surface area contributed by atoms with Crippen LogP contribution < -0.4 is 4.90 Å². The van der Waals surface area contributed by atoms with Crippen LogP contribution in [-0.2, 0) is 4.74 Å². The summed E-state index contributed by atoms with van der Waals surface area (Å²) in [5.41, 5.74) is 0. The number of halogens is 3. The summed E-state index contributed by atoms with van der Waals surface area (Å²) < 4.78 is 18.2. The molecule has 0 unspecified atom stereocenters. The maximum atomic E-state index is 13.0. The van der Waals surface area contributed by atoms with Crippen molar-refractivity contribution < 1.29 is 9.13 Å². The molecule has 82 valence electrons. The Hall–Kier alpha value is -0.650. The fourth-order valence-electron chi connectivity index (χ4n) is 1.29. The van der Waals surface area contributed by atoms with Crippen molar-refractivity contribution >= 4 is 29.2 Å². The monoisotopic (exact) mass is 251 g/mol. The van der Waals surface area contributed by atoms with Crippen LogP contribution >= 0.6 is 23.2 Å². The Morgan fingerprint density at radius 3 is 2.20 bits per heavy atom. The molecule has 15 heavy (non-hydrogen) atoms. The number of rotatable bonds is 1. The van der Waals surface area contributed by atoms with Crippen LogP contribution in [0.1, 0.15) is 0 Å². The zero-order valence-corrected chi connectivity index (χ0v) is 9.22. The van der Waals surface area contributed by atoms with Crippen LogP contribution in [-0.4, -0.2) is 36.3 Å². The van der Waals surface area contributed by atoms with Crippen molar-refractivity contribution in [3.63, 3.8) is 0 Å². The molecule has 1 aliphatic rings. The van der Waals surface area contributed by atoms with Crippen LogP contribution in [0.25, 0.3) is 0 Å². The van der Waals surface area contributed by atoms with Gasteiger partial charge in [-0.05, 0) is 0 Å². The van der Waals surface area contributed by atoms with Gasteiger partial charge in [-0.25, -0.2) is 4.39 Å². The Labute approximate surface area is 96.0 Å². The van der Waals surface area contributed by atoms with Crippen LogP contribution in [0.5, 0.6) is 0 Å². The van der Waals surface area contributed by atoms with Crippen molar-refractivity contribution in [2.45, 2.75) is 0 Å². The molecular weight excluding hydrogens is 244 g/mol. The molecule has 0 N–H and O–H groups in total. The van der Waals surface area contributed by atoms with Crippen LogP contribution in [0.3, 0.4) is 0 Å². The van der Waals surface area contributed by atoms with Gasteiger partial charge < -0.3 is 9.64 Å². The molecule has 1 aliphatic heterocycles. The van der Waals surface area contributed by atoms with Gasteiger partial charge in [-0.15, -0.1) is 0 Å². The third-order valence-corrected chi connectivity index (χ3v) is 2.55. The first-order valence-corrected chi connectivity index (χ1v) is 5.15. The van der Waals surface area contributed by atoms with Gasteiger partial charge in [0.15, 0.2) is 16.1 Å². The number of ether oxygens (including phenoxy) is 1. The van der Waals surface area contributed by atoms with Crippen molar-refractivity contribution in [2.75, 3.05) is 31.2 Å². The van der Waals surface area contributed by atoms with E-state index < -0.39 is 5.82 Å². The van der Waals surface area contributed by atoms with Crippen LogP contribution in [0.4, 0.5) is 10.3 Å². The zero-order valence-electron chi connectivity index (χ0n) is 7.71. The predicted octanol–water partition coefficient (Wildman–Crippen LogP) is 1.76. The molecule has 0 amide bonds. The molecule has 0 spiro atoms. The highest BCUT2D eigenvalue weighted by Gasteiger charge is 2.17. The molecule has 1 aromatic rings. The number of hydrogen-bond donors (Lipinski definition) is 0. The SMILES string of the molecule is Fc1c(Cl)nc(N2CCOCC2)nc1Cl. The highest BCUT2D eigenvalue weighted by Crippen LogP contribution is 2.22. The minimum atomic E-state index is -0.782. The maximum absolute atomic E-state index is 13.0. The molecular formula is C8H8Cl2FN3O. The van der Waals surface area contributed by atoms with Crippen LogP contribution in [0.15, 0.2) is 0 Å². The number of aromatic nitrogens is 2. The van der Waals surface area contributed by atoms with E-state index in [2.05, 4.69) is 9.97 Å². The van der Waals surface area contributed by atoms with Crippen molar-refractivity contribution in [3.8, 4) is 0 Å². The lowest BCUT2D eigenvalue weighted by Crippen LogP contribution is -2.37. The van der Waals surface area contributed by atoms with Crippen molar-refractivity contribution in [1.29, 1.82) is 0 Å². The number of morpholine rings is 1. The minimum absolute atomic E-state index is 0.253. The smallest absolute Gasteiger partial charge is 0.228 e. The average molecular weight is 252 g/mol. The van der Waals surface area contributed by atoms with Gasteiger partial charge in [0, 0.05) is 13.1 Å². The second kappa shape index (κ2) is 4.47. The van der Waals surface area contributed by atoms with Crippen LogP contribution in [0.2, 0.25) is 10.3 Å². The van der Waals surface area contributed by atoms with Gasteiger partial charge in [0.1, 0.15) is 0 Å². The van der Waals surface area contributed by atoms with Crippen LogP contribution in [0, 0.1) is 5.82 Å². The summed E-state index contributed by atoms with van der Waals surface area (Å²) in [4.78, 5) is 9.49. The molecule has 2 rings (SSSR count). The van der Waals surface area contributed by atoms with Gasteiger partial charge in [-0.2, -0.15) is 9.97 Å². The summed E-state index contributed by atoms with van der Waals surface area (Å²) in [6.07, 6.45) is 0. The highest BCUT2D eigenvalue weighted by molar-refractivity contribution is 6.33. The van der Waals surface area contributed by atoms with E-state index in [1.165, 1.54) is 0 Å². The third-order valence-electron chi connectivity index (χ3n) is 2.05. The van der Waals surface area contributed by atoms with Gasteiger partial charge in [0.2, 0.25) is 5.95 Å². The van der Waals surface area contributed by atoms with Gasteiger partial charge >= 0.3 is 0 Å². The normalized spacial score (nSPS) is 16.9. The van der Waals surface area contributed by atoms with Gasteiger partial charge in [0.25, 0.3) is 0 Å². The predicted molar refractivity (Wildman–Crippen MR) is 55.0 cm³/mol. The molecule has 7 heteroatoms. The largest absolute Gasteiger partial charge is 0.378 e. The Morgan fingerprint density at radius 2 is 1.67 bits per heavy atom. The summed E-state index contributed by atoms with van der Waals surface area (Å²) in [5.74, 6) is -0.440. The first-order valence-electron chi connectivity index (χ1n) is 4.39. The van der Waals surface area contributed by atoms with Crippen molar-refractivity contribution in [1.82, 2.24) is 9.97 Å². The van der Waals surface area contributed by atoms with Crippen molar-refractivity contribution in [3.05, 3.63) is 16.1 Å². The average Bonchev–Trinajstić information content (AvgIpc) is 2.26. The molecule has 0 aromatic carbocycles. The Bertz CT molecular complexity index is 348. The van der Waals surface area contributed by atoms with Gasteiger partial charge in [-0.1, -0.05) is 23.2 Å². The molecule has 1 aromatic heterocycles. The molecule has 4 nitrogen and oxygen atoms in total. The molecule has 0 bridgehead atoms. The van der Waals surface area contributed by atoms with Crippen molar-refractivity contribution in [2.24, 2.45) is 0 Å². The fourth-order valence-corrected chi connectivity index (χ4v) is 1.67. The second-order valence-corrected chi connectivity index (χ2v) is 3.73. The summed E-state index contributed by atoms with van der Waals surface area (Å²) >= 11 is 11.1. The molecule has 0 radical (unpaired) electrons. The van der Waals surface area contributed by atoms with E-state index >= 15 is 0 Å². The van der Waals surface area contributed by atoms with E-state index in [-0.39, 0.29) is 10.3 Å². The summed E-state index contributed by atoms with van der Waals surface area (Å²) in [6.45, 7) is 2.49. The first kappa shape index (κ1) is 10.9. The van der Waals surface area contributed by atoms with E-state index in [0.29, 0.717) is 32.3 Å². The Morgan fingerprint density at radius 1 is 1.13 bits per heavy atom. The maximum Gasteiger partial charge on any atom is 0.228 e. The highest BCUT2D eigenvalue weighted by atomic mass is 35.5. The Balaban J connectivity index is 2.27. The summed E-state index contributed by atoms with van der Waals surface area (Å²) in [6, 6.07) is 0. The quantitative estimate of drug-likeness (QED) is 0.714. The molecule has 1 saturated heterocycles. The first-order chi connectivity index (χ1) is 7.18. The number of hydrogen-bond acceptors (Lipinski definition) is 4. The lowest BCUT2D eigenvalue weighted by atomic mass is 10.4. The number of nitrogens with zero attached hydrogens (tertiary/aromatic N) is 3. The molecule has 0 aliphatic carbocycles. The minimum Gasteiger partial charge on any atom is -0.378 e. The van der Waals surface area contributed by atoms with E-state index in [1.807, 2.05) is 4.90 Å².